The van der Waals surface area contributed by atoms with Gasteiger partial charge in [0, 0.05) is 0 Å². The van der Waals surface area contributed by atoms with E-state index in [0.717, 1.165) is 5.92 Å². The van der Waals surface area contributed by atoms with Gasteiger partial charge in [0.15, 0.2) is 0 Å². The number of hydrogen-bond donors (Lipinski definition) is 1. The lowest BCUT2D eigenvalue weighted by atomic mass is 9.99. The van der Waals surface area contributed by atoms with Gasteiger partial charge in [-0.2, -0.15) is 0 Å². The Morgan fingerprint density at radius 2 is 1.71 bits per heavy atom. The van der Waals surface area contributed by atoms with Crippen LogP contribution >= 0.6 is 0 Å². The van der Waals surface area contributed by atoms with Crippen LogP contribution in [0.3, 0.4) is 0 Å². The van der Waals surface area contributed by atoms with E-state index in [0.29, 0.717) is 0 Å². The quantitative estimate of drug-likeness (QED) is 0.622. The first-order valence-corrected chi connectivity index (χ1v) is 7.76. The Bertz CT molecular complexity index is 162. The molecule has 1 fully saturated rings. The minimum Gasteiger partial charge on any atom is -0.317 e. The van der Waals surface area contributed by atoms with Crippen molar-refractivity contribution in [2.75, 3.05) is 32.7 Å². The lowest BCUT2D eigenvalue weighted by molar-refractivity contribution is 0.189. The minimum absolute atomic E-state index is 0.968. The van der Waals surface area contributed by atoms with Crippen LogP contribution in [0.2, 0.25) is 0 Å². The summed E-state index contributed by atoms with van der Waals surface area (Å²) >= 11 is 0. The smallest absolute Gasteiger partial charge is 0.00162 e. The first-order chi connectivity index (χ1) is 8.33. The van der Waals surface area contributed by atoms with E-state index in [-0.39, 0.29) is 0 Å². The number of piperidine rings is 1. The molecule has 1 aliphatic heterocycles. The van der Waals surface area contributed by atoms with Crippen molar-refractivity contribution in [3.05, 3.63) is 0 Å². The topological polar surface area (TPSA) is 15.3 Å². The molecule has 0 aromatic heterocycles. The fourth-order valence-corrected chi connectivity index (χ4v) is 2.53. The van der Waals surface area contributed by atoms with Crippen LogP contribution < -0.4 is 5.32 Å². The summed E-state index contributed by atoms with van der Waals surface area (Å²) in [7, 11) is 0. The second-order valence-electron chi connectivity index (χ2n) is 5.69. The number of unbranched alkanes of at least 4 members (excludes halogenated alkanes) is 3. The minimum atomic E-state index is 0.968. The number of rotatable bonds is 9. The van der Waals surface area contributed by atoms with Crippen molar-refractivity contribution >= 4 is 0 Å². The van der Waals surface area contributed by atoms with Crippen molar-refractivity contribution in [1.82, 2.24) is 10.2 Å². The zero-order chi connectivity index (χ0) is 12.3. The van der Waals surface area contributed by atoms with Gasteiger partial charge in [-0.05, 0) is 70.7 Å². The van der Waals surface area contributed by atoms with Crippen molar-refractivity contribution < 1.29 is 0 Å². The van der Waals surface area contributed by atoms with E-state index >= 15 is 0 Å². The monoisotopic (exact) mass is 240 g/mol. The molecule has 1 rings (SSSR count). The summed E-state index contributed by atoms with van der Waals surface area (Å²) in [5.41, 5.74) is 0. The summed E-state index contributed by atoms with van der Waals surface area (Å²) in [6, 6.07) is 0. The maximum absolute atomic E-state index is 3.47. The summed E-state index contributed by atoms with van der Waals surface area (Å²) in [4.78, 5) is 2.66. The van der Waals surface area contributed by atoms with E-state index in [2.05, 4.69) is 24.1 Å². The van der Waals surface area contributed by atoms with Gasteiger partial charge in [0.25, 0.3) is 0 Å². The number of likely N-dealkylation sites (tertiary alicyclic amines) is 1. The third kappa shape index (κ3) is 7.77. The van der Waals surface area contributed by atoms with Gasteiger partial charge in [-0.3, -0.25) is 0 Å². The molecule has 0 bridgehead atoms. The Kier molecular flexibility index (Phi) is 8.72. The highest BCUT2D eigenvalue weighted by Crippen LogP contribution is 2.16. The molecule has 1 N–H and O–H groups in total. The first-order valence-electron chi connectivity index (χ1n) is 7.76. The molecule has 1 heterocycles. The van der Waals surface area contributed by atoms with E-state index in [9.17, 15) is 0 Å². The maximum Gasteiger partial charge on any atom is -0.00162 e. The predicted molar refractivity (Wildman–Crippen MR) is 76.5 cm³/mol. The van der Waals surface area contributed by atoms with E-state index < -0.39 is 0 Å². The summed E-state index contributed by atoms with van der Waals surface area (Å²) < 4.78 is 0. The van der Waals surface area contributed by atoms with Gasteiger partial charge in [-0.1, -0.05) is 26.7 Å². The van der Waals surface area contributed by atoms with Crippen LogP contribution in [0.15, 0.2) is 0 Å². The Hall–Kier alpha value is -0.0800. The van der Waals surface area contributed by atoms with Crippen LogP contribution in [-0.2, 0) is 0 Å². The zero-order valence-corrected chi connectivity index (χ0v) is 12.0. The summed E-state index contributed by atoms with van der Waals surface area (Å²) in [6.07, 6.45) is 9.68. The van der Waals surface area contributed by atoms with Crippen LogP contribution in [0.25, 0.3) is 0 Å². The van der Waals surface area contributed by atoms with Crippen molar-refractivity contribution in [2.45, 2.75) is 58.8 Å². The van der Waals surface area contributed by atoms with Gasteiger partial charge in [-0.25, -0.2) is 0 Å². The van der Waals surface area contributed by atoms with E-state index in [1.807, 2.05) is 0 Å². The van der Waals surface area contributed by atoms with Crippen molar-refractivity contribution in [2.24, 2.45) is 5.92 Å². The average molecular weight is 240 g/mol. The van der Waals surface area contributed by atoms with Crippen LogP contribution in [-0.4, -0.2) is 37.6 Å². The summed E-state index contributed by atoms with van der Waals surface area (Å²) in [5, 5.41) is 3.47. The number of nitrogens with zero attached hydrogens (tertiary/aromatic N) is 1. The molecule has 0 amide bonds. The predicted octanol–water partition coefficient (Wildman–Crippen LogP) is 3.28. The van der Waals surface area contributed by atoms with Crippen LogP contribution in [0, 0.1) is 5.92 Å². The third-order valence-electron chi connectivity index (χ3n) is 3.88. The molecule has 102 valence electrons. The Morgan fingerprint density at radius 1 is 1.00 bits per heavy atom. The van der Waals surface area contributed by atoms with Gasteiger partial charge in [-0.15, -0.1) is 0 Å². The molecule has 0 spiro atoms. The molecule has 0 saturated carbocycles. The first kappa shape index (κ1) is 15.0. The fourth-order valence-electron chi connectivity index (χ4n) is 2.53. The fraction of sp³-hybridized carbons (Fsp3) is 1.00. The lowest BCUT2D eigenvalue weighted by Gasteiger charge is -2.30. The number of nitrogens with one attached hydrogen (secondary N) is 1. The molecule has 0 atom stereocenters. The van der Waals surface area contributed by atoms with E-state index in [1.54, 1.807) is 0 Å². The molecule has 1 aliphatic rings. The van der Waals surface area contributed by atoms with Gasteiger partial charge < -0.3 is 10.2 Å². The highest BCUT2D eigenvalue weighted by Gasteiger charge is 2.14. The van der Waals surface area contributed by atoms with Gasteiger partial charge in [0.05, 0.1) is 0 Å². The van der Waals surface area contributed by atoms with Crippen molar-refractivity contribution in [3.63, 3.8) is 0 Å². The molecule has 0 aromatic carbocycles. The third-order valence-corrected chi connectivity index (χ3v) is 3.88. The normalized spacial score (nSPS) is 18.7. The maximum atomic E-state index is 3.47. The molecular weight excluding hydrogens is 208 g/mol. The molecule has 0 aromatic rings. The molecule has 2 heteroatoms. The van der Waals surface area contributed by atoms with E-state index in [4.69, 9.17) is 0 Å². The van der Waals surface area contributed by atoms with Gasteiger partial charge in [0.2, 0.25) is 0 Å². The molecule has 0 radical (unpaired) electrons. The van der Waals surface area contributed by atoms with Crippen LogP contribution in [0.4, 0.5) is 0 Å². The summed E-state index contributed by atoms with van der Waals surface area (Å²) in [6.45, 7) is 11.1. The highest BCUT2D eigenvalue weighted by molar-refractivity contribution is 4.69. The Labute approximate surface area is 108 Å². The molecular formula is C15H32N2. The molecule has 1 saturated heterocycles. The average Bonchev–Trinajstić information content (AvgIpc) is 2.35. The SMILES string of the molecule is CCCNCCCCCCN1CCC(C)CC1. The molecule has 17 heavy (non-hydrogen) atoms. The zero-order valence-electron chi connectivity index (χ0n) is 12.0. The second kappa shape index (κ2) is 9.90. The molecule has 0 aliphatic carbocycles. The van der Waals surface area contributed by atoms with Crippen molar-refractivity contribution in [1.29, 1.82) is 0 Å². The van der Waals surface area contributed by atoms with Crippen molar-refractivity contribution in [3.8, 4) is 0 Å². The van der Waals surface area contributed by atoms with Crippen LogP contribution in [0.1, 0.15) is 58.8 Å². The molecule has 2 nitrogen and oxygen atoms in total. The molecule has 0 unspecified atom stereocenters. The summed E-state index contributed by atoms with van der Waals surface area (Å²) in [5.74, 6) is 0.968. The van der Waals surface area contributed by atoms with Gasteiger partial charge >= 0.3 is 0 Å². The lowest BCUT2D eigenvalue weighted by Crippen LogP contribution is -2.33. The largest absolute Gasteiger partial charge is 0.317 e. The highest BCUT2D eigenvalue weighted by atomic mass is 15.1. The Morgan fingerprint density at radius 3 is 2.41 bits per heavy atom. The second-order valence-corrected chi connectivity index (χ2v) is 5.69. The van der Waals surface area contributed by atoms with Gasteiger partial charge in [0.1, 0.15) is 0 Å². The van der Waals surface area contributed by atoms with Crippen LogP contribution in [0.5, 0.6) is 0 Å². The Balaban J connectivity index is 1.81. The number of hydrogen-bond acceptors (Lipinski definition) is 2. The van der Waals surface area contributed by atoms with E-state index in [1.165, 1.54) is 77.7 Å². The standard InChI is InChI=1S/C15H32N2/c1-3-10-16-11-6-4-5-7-12-17-13-8-15(2)9-14-17/h15-16H,3-14H2,1-2H3.